The predicted octanol–water partition coefficient (Wildman–Crippen LogP) is 3.48. The average molecular weight is 365 g/mol. The summed E-state index contributed by atoms with van der Waals surface area (Å²) in [5, 5.41) is 11.2. The lowest BCUT2D eigenvalue weighted by atomic mass is 9.91. The van der Waals surface area contributed by atoms with Crippen LogP contribution in [-0.2, 0) is 6.54 Å². The van der Waals surface area contributed by atoms with E-state index in [0.717, 1.165) is 22.3 Å². The number of aryl methyl sites for hydroxylation is 2. The fourth-order valence-corrected chi connectivity index (χ4v) is 3.55. The minimum absolute atomic E-state index is 0.0224. The third-order valence-corrected chi connectivity index (χ3v) is 4.83. The number of rotatable bonds is 4. The average Bonchev–Trinajstić information content (AvgIpc) is 2.59. The smallest absolute Gasteiger partial charge is 0.270 e. The first-order chi connectivity index (χ1) is 12.7. The van der Waals surface area contributed by atoms with Gasteiger partial charge in [-0.15, -0.1) is 0 Å². The Morgan fingerprint density at radius 3 is 2.52 bits per heavy atom. The van der Waals surface area contributed by atoms with E-state index in [0.29, 0.717) is 11.1 Å². The number of Topliss-reactive ketones (excluding diaryl/α,β-unsaturated/α-hetero) is 1. The van der Waals surface area contributed by atoms with Gasteiger partial charge in [-0.3, -0.25) is 24.3 Å². The van der Waals surface area contributed by atoms with Crippen LogP contribution in [0.4, 0.5) is 5.69 Å². The first-order valence-corrected chi connectivity index (χ1v) is 8.45. The second-order valence-electron chi connectivity index (χ2n) is 6.68. The molecular formula is C20H19N3O4. The summed E-state index contributed by atoms with van der Waals surface area (Å²) in [5.41, 5.74) is 4.15. The van der Waals surface area contributed by atoms with Gasteiger partial charge < -0.3 is 0 Å². The summed E-state index contributed by atoms with van der Waals surface area (Å²) in [4.78, 5) is 39.6. The van der Waals surface area contributed by atoms with E-state index in [1.165, 1.54) is 36.0 Å². The van der Waals surface area contributed by atoms with Gasteiger partial charge in [-0.05, 0) is 56.0 Å². The Balaban J connectivity index is 2.17. The molecule has 7 nitrogen and oxygen atoms in total. The van der Waals surface area contributed by atoms with Crippen LogP contribution in [-0.4, -0.2) is 20.3 Å². The molecule has 2 aromatic carbocycles. The molecular weight excluding hydrogens is 346 g/mol. The normalized spacial score (nSPS) is 11.0. The zero-order chi connectivity index (χ0) is 19.9. The van der Waals surface area contributed by atoms with Gasteiger partial charge in [0, 0.05) is 17.7 Å². The van der Waals surface area contributed by atoms with Crippen LogP contribution >= 0.6 is 0 Å². The highest BCUT2D eigenvalue weighted by molar-refractivity contribution is 5.97. The molecule has 7 heteroatoms. The van der Waals surface area contributed by atoms with E-state index in [-0.39, 0.29) is 29.0 Å². The fraction of sp³-hybridized carbons (Fsp3) is 0.250. The van der Waals surface area contributed by atoms with Gasteiger partial charge in [-0.2, -0.15) is 0 Å². The molecule has 0 fully saturated rings. The quantitative estimate of drug-likeness (QED) is 0.401. The summed E-state index contributed by atoms with van der Waals surface area (Å²) < 4.78 is 1.42. The molecule has 1 aromatic heterocycles. The number of nitro benzene ring substituents is 1. The van der Waals surface area contributed by atoms with Crippen molar-refractivity contribution in [3.63, 3.8) is 0 Å². The summed E-state index contributed by atoms with van der Waals surface area (Å²) in [7, 11) is 0. The summed E-state index contributed by atoms with van der Waals surface area (Å²) in [6, 6.07) is 5.97. The molecule has 0 saturated carbocycles. The molecule has 0 radical (unpaired) electrons. The molecule has 0 spiro atoms. The number of ketones is 1. The Labute approximate surface area is 155 Å². The van der Waals surface area contributed by atoms with Gasteiger partial charge in [0.2, 0.25) is 0 Å². The van der Waals surface area contributed by atoms with Crippen molar-refractivity contribution < 1.29 is 9.72 Å². The molecule has 27 heavy (non-hydrogen) atoms. The highest BCUT2D eigenvalue weighted by Gasteiger charge is 2.16. The molecule has 1 heterocycles. The summed E-state index contributed by atoms with van der Waals surface area (Å²) in [5.74, 6) is -0.0224. The van der Waals surface area contributed by atoms with Gasteiger partial charge in [0.15, 0.2) is 5.78 Å². The van der Waals surface area contributed by atoms with Gasteiger partial charge in [-0.25, -0.2) is 4.98 Å². The molecule has 0 saturated heterocycles. The van der Waals surface area contributed by atoms with Crippen molar-refractivity contribution in [2.45, 2.75) is 34.2 Å². The lowest BCUT2D eigenvalue weighted by molar-refractivity contribution is -0.384. The minimum Gasteiger partial charge on any atom is -0.294 e. The SMILES string of the molecule is CC(=O)c1c(C)cc(C)c(Cn2cnc3ccc([N+](=O)[O-])cc3c2=O)c1C. The standard InChI is InChI=1S/C20H19N3O4/c1-11-7-12(2)19(14(4)24)13(3)17(11)9-22-10-21-18-6-5-15(23(26)27)8-16(18)20(22)25/h5-8,10H,9H2,1-4H3. The molecule has 0 aliphatic carbocycles. The van der Waals surface area contributed by atoms with E-state index in [2.05, 4.69) is 4.98 Å². The molecule has 0 atom stereocenters. The fourth-order valence-electron chi connectivity index (χ4n) is 3.55. The Kier molecular flexibility index (Phi) is 4.61. The van der Waals surface area contributed by atoms with Gasteiger partial charge >= 0.3 is 0 Å². The first kappa shape index (κ1) is 18.4. The number of non-ortho nitro benzene ring substituents is 1. The maximum Gasteiger partial charge on any atom is 0.270 e. The van der Waals surface area contributed by atoms with Gasteiger partial charge in [0.1, 0.15) is 0 Å². The van der Waals surface area contributed by atoms with Crippen LogP contribution in [0.2, 0.25) is 0 Å². The maximum atomic E-state index is 12.8. The zero-order valence-corrected chi connectivity index (χ0v) is 15.6. The molecule has 0 aliphatic heterocycles. The van der Waals surface area contributed by atoms with Crippen molar-refractivity contribution in [2.75, 3.05) is 0 Å². The Bertz CT molecular complexity index is 1160. The molecule has 3 aromatic rings. The number of benzene rings is 2. The number of carbonyl (C=O) groups is 1. The Morgan fingerprint density at radius 1 is 1.19 bits per heavy atom. The van der Waals surface area contributed by atoms with E-state index >= 15 is 0 Å². The van der Waals surface area contributed by atoms with Crippen LogP contribution in [0, 0.1) is 30.9 Å². The van der Waals surface area contributed by atoms with Crippen LogP contribution in [0.1, 0.15) is 39.5 Å². The lowest BCUT2D eigenvalue weighted by Crippen LogP contribution is -2.22. The zero-order valence-electron chi connectivity index (χ0n) is 15.6. The van der Waals surface area contributed by atoms with Crippen molar-refractivity contribution in [3.8, 4) is 0 Å². The highest BCUT2D eigenvalue weighted by Crippen LogP contribution is 2.24. The second kappa shape index (κ2) is 6.75. The van der Waals surface area contributed by atoms with Crippen LogP contribution in [0.3, 0.4) is 0 Å². The third kappa shape index (κ3) is 3.23. The number of nitro groups is 1. The lowest BCUT2D eigenvalue weighted by Gasteiger charge is -2.17. The van der Waals surface area contributed by atoms with Crippen LogP contribution < -0.4 is 5.56 Å². The minimum atomic E-state index is -0.538. The Hall–Kier alpha value is -3.35. The summed E-state index contributed by atoms with van der Waals surface area (Å²) >= 11 is 0. The van der Waals surface area contributed by atoms with Crippen molar-refractivity contribution in [3.05, 3.63) is 78.9 Å². The van der Waals surface area contributed by atoms with Crippen molar-refractivity contribution in [1.82, 2.24) is 9.55 Å². The van der Waals surface area contributed by atoms with Crippen LogP contribution in [0.15, 0.2) is 35.4 Å². The first-order valence-electron chi connectivity index (χ1n) is 8.45. The molecule has 3 rings (SSSR count). The molecule has 138 valence electrons. The number of fused-ring (bicyclic) bond motifs is 1. The number of carbonyl (C=O) groups excluding carboxylic acids is 1. The van der Waals surface area contributed by atoms with Crippen molar-refractivity contribution in [1.29, 1.82) is 0 Å². The van der Waals surface area contributed by atoms with Crippen molar-refractivity contribution in [2.24, 2.45) is 0 Å². The largest absolute Gasteiger partial charge is 0.294 e. The molecule has 0 unspecified atom stereocenters. The van der Waals surface area contributed by atoms with E-state index < -0.39 is 4.92 Å². The monoisotopic (exact) mass is 365 g/mol. The predicted molar refractivity (Wildman–Crippen MR) is 102 cm³/mol. The molecule has 0 amide bonds. The van der Waals surface area contributed by atoms with E-state index in [1.807, 2.05) is 26.8 Å². The third-order valence-electron chi connectivity index (χ3n) is 4.83. The van der Waals surface area contributed by atoms with E-state index in [4.69, 9.17) is 0 Å². The molecule has 0 N–H and O–H groups in total. The van der Waals surface area contributed by atoms with E-state index in [1.54, 1.807) is 0 Å². The molecule has 0 bridgehead atoms. The molecule has 0 aliphatic rings. The second-order valence-corrected chi connectivity index (χ2v) is 6.68. The number of nitrogens with zero attached hydrogens (tertiary/aromatic N) is 3. The van der Waals surface area contributed by atoms with Crippen LogP contribution in [0.25, 0.3) is 10.9 Å². The maximum absolute atomic E-state index is 12.8. The Morgan fingerprint density at radius 2 is 1.89 bits per heavy atom. The number of hydrogen-bond acceptors (Lipinski definition) is 5. The topological polar surface area (TPSA) is 95.1 Å². The summed E-state index contributed by atoms with van der Waals surface area (Å²) in [6.45, 7) is 7.46. The van der Waals surface area contributed by atoms with Gasteiger partial charge in [0.25, 0.3) is 11.2 Å². The number of aromatic nitrogens is 2. The summed E-state index contributed by atoms with van der Waals surface area (Å²) in [6.07, 6.45) is 1.43. The van der Waals surface area contributed by atoms with Crippen molar-refractivity contribution >= 4 is 22.4 Å². The van der Waals surface area contributed by atoms with Gasteiger partial charge in [0.05, 0.1) is 28.7 Å². The highest BCUT2D eigenvalue weighted by atomic mass is 16.6. The van der Waals surface area contributed by atoms with Crippen LogP contribution in [0.5, 0.6) is 0 Å². The van der Waals surface area contributed by atoms with Gasteiger partial charge in [-0.1, -0.05) is 6.07 Å². The van der Waals surface area contributed by atoms with E-state index in [9.17, 15) is 19.7 Å². The number of hydrogen-bond donors (Lipinski definition) is 0.